The Morgan fingerprint density at radius 3 is 2.39 bits per heavy atom. The monoisotopic (exact) mass is 255 g/mol. The Morgan fingerprint density at radius 1 is 1.22 bits per heavy atom. The lowest BCUT2D eigenvalue weighted by molar-refractivity contribution is 0.00245. The van der Waals surface area contributed by atoms with Gasteiger partial charge in [-0.3, -0.25) is 0 Å². The van der Waals surface area contributed by atoms with Crippen molar-refractivity contribution in [2.45, 2.75) is 58.2 Å². The highest BCUT2D eigenvalue weighted by atomic mass is 16.6. The number of carbonyl (C=O) groups excluding carboxylic acids is 1. The second-order valence-electron chi connectivity index (χ2n) is 6.36. The van der Waals surface area contributed by atoms with Crippen molar-refractivity contribution in [1.29, 1.82) is 0 Å². The van der Waals surface area contributed by atoms with Crippen LogP contribution in [0.15, 0.2) is 0 Å². The number of carbonyl (C=O) groups is 1. The first kappa shape index (κ1) is 13.7. The summed E-state index contributed by atoms with van der Waals surface area (Å²) in [6.07, 6.45) is 4.74. The Morgan fingerprint density at radius 2 is 1.89 bits per heavy atom. The van der Waals surface area contributed by atoms with Crippen LogP contribution in [0.4, 0.5) is 4.79 Å². The zero-order valence-electron chi connectivity index (χ0n) is 11.8. The van der Waals surface area contributed by atoms with Gasteiger partial charge in [0.1, 0.15) is 5.60 Å². The number of hydrogen-bond donors (Lipinski definition) is 0. The van der Waals surface area contributed by atoms with E-state index in [2.05, 4.69) is 0 Å². The van der Waals surface area contributed by atoms with E-state index in [1.54, 1.807) is 0 Å². The third-order valence-corrected chi connectivity index (χ3v) is 3.68. The lowest BCUT2D eigenvalue weighted by Gasteiger charge is -2.35. The number of hydrogen-bond acceptors (Lipinski definition) is 3. The molecule has 1 atom stereocenters. The standard InChI is InChI=1S/C14H25NO3/c1-14(2,3)18-13(16)15-8-6-11(7-9-15)12-5-4-10-17-12/h11-12H,4-10H2,1-3H3. The summed E-state index contributed by atoms with van der Waals surface area (Å²) in [4.78, 5) is 13.7. The fraction of sp³-hybridized carbons (Fsp3) is 0.929. The fourth-order valence-corrected chi connectivity index (χ4v) is 2.75. The number of ether oxygens (including phenoxy) is 2. The zero-order valence-corrected chi connectivity index (χ0v) is 11.8. The van der Waals surface area contributed by atoms with Gasteiger partial charge in [-0.2, -0.15) is 0 Å². The molecule has 0 spiro atoms. The van der Waals surface area contributed by atoms with Gasteiger partial charge in [0.05, 0.1) is 6.10 Å². The predicted octanol–water partition coefficient (Wildman–Crippen LogP) is 2.81. The van der Waals surface area contributed by atoms with Crippen molar-refractivity contribution in [1.82, 2.24) is 4.90 Å². The summed E-state index contributed by atoms with van der Waals surface area (Å²) in [6, 6.07) is 0. The smallest absolute Gasteiger partial charge is 0.410 e. The minimum absolute atomic E-state index is 0.173. The molecule has 2 saturated heterocycles. The number of nitrogens with zero attached hydrogens (tertiary/aromatic N) is 1. The second-order valence-corrected chi connectivity index (χ2v) is 6.36. The first-order valence-corrected chi connectivity index (χ1v) is 7.05. The lowest BCUT2D eigenvalue weighted by Crippen LogP contribution is -2.43. The normalized spacial score (nSPS) is 26.4. The minimum atomic E-state index is -0.400. The topological polar surface area (TPSA) is 38.8 Å². The van der Waals surface area contributed by atoms with E-state index in [1.165, 1.54) is 12.8 Å². The van der Waals surface area contributed by atoms with Gasteiger partial charge in [0.15, 0.2) is 0 Å². The van der Waals surface area contributed by atoms with Gasteiger partial charge in [0.25, 0.3) is 0 Å². The Labute approximate surface area is 110 Å². The summed E-state index contributed by atoms with van der Waals surface area (Å²) in [5.74, 6) is 0.631. The van der Waals surface area contributed by atoms with Crippen LogP contribution in [0.25, 0.3) is 0 Å². The van der Waals surface area contributed by atoms with Gasteiger partial charge in [-0.1, -0.05) is 0 Å². The molecule has 0 radical (unpaired) electrons. The van der Waals surface area contributed by atoms with E-state index in [-0.39, 0.29) is 6.09 Å². The lowest BCUT2D eigenvalue weighted by atomic mass is 9.90. The molecule has 0 aliphatic carbocycles. The molecule has 1 unspecified atom stereocenters. The van der Waals surface area contributed by atoms with Crippen LogP contribution >= 0.6 is 0 Å². The first-order chi connectivity index (χ1) is 8.46. The van der Waals surface area contributed by atoms with Gasteiger partial charge >= 0.3 is 6.09 Å². The number of amides is 1. The molecule has 0 bridgehead atoms. The quantitative estimate of drug-likeness (QED) is 0.723. The van der Waals surface area contributed by atoms with Gasteiger partial charge in [-0.05, 0) is 52.4 Å². The maximum Gasteiger partial charge on any atom is 0.410 e. The van der Waals surface area contributed by atoms with Crippen LogP contribution in [0.3, 0.4) is 0 Å². The van der Waals surface area contributed by atoms with Crippen molar-refractivity contribution in [3.05, 3.63) is 0 Å². The van der Waals surface area contributed by atoms with E-state index in [0.717, 1.165) is 32.5 Å². The first-order valence-electron chi connectivity index (χ1n) is 7.05. The van der Waals surface area contributed by atoms with Crippen LogP contribution in [-0.2, 0) is 9.47 Å². The van der Waals surface area contributed by atoms with Crippen molar-refractivity contribution in [3.63, 3.8) is 0 Å². The van der Waals surface area contributed by atoms with E-state index >= 15 is 0 Å². The highest BCUT2D eigenvalue weighted by molar-refractivity contribution is 5.68. The average molecular weight is 255 g/mol. The predicted molar refractivity (Wildman–Crippen MR) is 69.5 cm³/mol. The molecule has 0 saturated carbocycles. The Kier molecular flexibility index (Phi) is 4.15. The highest BCUT2D eigenvalue weighted by Crippen LogP contribution is 2.29. The van der Waals surface area contributed by atoms with E-state index in [1.807, 2.05) is 25.7 Å². The molecule has 0 aromatic heterocycles. The third-order valence-electron chi connectivity index (χ3n) is 3.68. The fourth-order valence-electron chi connectivity index (χ4n) is 2.75. The minimum Gasteiger partial charge on any atom is -0.444 e. The molecule has 0 aromatic carbocycles. The summed E-state index contributed by atoms with van der Waals surface area (Å²) in [7, 11) is 0. The van der Waals surface area contributed by atoms with Crippen LogP contribution in [-0.4, -0.2) is 42.4 Å². The zero-order chi connectivity index (χ0) is 13.2. The van der Waals surface area contributed by atoms with Gasteiger partial charge in [0.2, 0.25) is 0 Å². The van der Waals surface area contributed by atoms with Gasteiger partial charge in [0, 0.05) is 19.7 Å². The molecule has 0 N–H and O–H groups in total. The Hall–Kier alpha value is -0.770. The Balaban J connectivity index is 1.77. The van der Waals surface area contributed by atoms with E-state index in [4.69, 9.17) is 9.47 Å². The largest absolute Gasteiger partial charge is 0.444 e. The molecular formula is C14H25NO3. The van der Waals surface area contributed by atoms with Crippen LogP contribution in [0, 0.1) is 5.92 Å². The van der Waals surface area contributed by atoms with E-state index < -0.39 is 5.60 Å². The van der Waals surface area contributed by atoms with Crippen LogP contribution in [0.1, 0.15) is 46.5 Å². The number of rotatable bonds is 1. The highest BCUT2D eigenvalue weighted by Gasteiger charge is 2.32. The van der Waals surface area contributed by atoms with Gasteiger partial charge in [-0.15, -0.1) is 0 Å². The maximum absolute atomic E-state index is 11.9. The molecule has 104 valence electrons. The summed E-state index contributed by atoms with van der Waals surface area (Å²) in [5.41, 5.74) is -0.400. The molecule has 2 aliphatic heterocycles. The second kappa shape index (κ2) is 5.47. The molecular weight excluding hydrogens is 230 g/mol. The molecule has 2 heterocycles. The van der Waals surface area contributed by atoms with Gasteiger partial charge in [-0.25, -0.2) is 4.79 Å². The van der Waals surface area contributed by atoms with Gasteiger partial charge < -0.3 is 14.4 Å². The van der Waals surface area contributed by atoms with Crippen molar-refractivity contribution in [3.8, 4) is 0 Å². The number of piperidine rings is 1. The number of likely N-dealkylation sites (tertiary alicyclic amines) is 1. The molecule has 2 fully saturated rings. The molecule has 4 nitrogen and oxygen atoms in total. The average Bonchev–Trinajstić information content (AvgIpc) is 2.80. The van der Waals surface area contributed by atoms with Crippen LogP contribution in [0.5, 0.6) is 0 Å². The van der Waals surface area contributed by atoms with Crippen LogP contribution < -0.4 is 0 Å². The third kappa shape index (κ3) is 3.61. The molecule has 2 aliphatic rings. The van der Waals surface area contributed by atoms with Crippen molar-refractivity contribution in [2.24, 2.45) is 5.92 Å². The van der Waals surface area contributed by atoms with E-state index in [0.29, 0.717) is 12.0 Å². The van der Waals surface area contributed by atoms with Crippen LogP contribution in [0.2, 0.25) is 0 Å². The molecule has 2 rings (SSSR count). The molecule has 18 heavy (non-hydrogen) atoms. The molecule has 4 heteroatoms. The van der Waals surface area contributed by atoms with Crippen molar-refractivity contribution >= 4 is 6.09 Å². The Bertz CT molecular complexity index is 284. The summed E-state index contributed by atoms with van der Waals surface area (Å²) >= 11 is 0. The summed E-state index contributed by atoms with van der Waals surface area (Å²) < 4.78 is 11.1. The molecule has 1 amide bonds. The SMILES string of the molecule is CC(C)(C)OC(=O)N1CCC(C2CCCO2)CC1. The molecule has 0 aromatic rings. The maximum atomic E-state index is 11.9. The summed E-state index contributed by atoms with van der Waals surface area (Å²) in [6.45, 7) is 8.24. The van der Waals surface area contributed by atoms with Crippen molar-refractivity contribution in [2.75, 3.05) is 19.7 Å². The summed E-state index contributed by atoms with van der Waals surface area (Å²) in [5, 5.41) is 0. The van der Waals surface area contributed by atoms with Crippen molar-refractivity contribution < 1.29 is 14.3 Å². The van der Waals surface area contributed by atoms with E-state index in [9.17, 15) is 4.79 Å².